The molecule has 0 aromatic heterocycles. The molecule has 0 radical (unpaired) electrons. The molecule has 110 valence electrons. The largest absolute Gasteiger partial charge is 0.325 e. The Bertz CT molecular complexity index is 610. The number of hydrogen-bond acceptors (Lipinski definition) is 2. The average molecular weight is 347 g/mol. The summed E-state index contributed by atoms with van der Waals surface area (Å²) in [6, 6.07) is 16.0. The second-order valence-electron chi connectivity index (χ2n) is 5.07. The third-order valence-electron chi connectivity index (χ3n) is 3.25. The highest BCUT2D eigenvalue weighted by Crippen LogP contribution is 2.17. The van der Waals surface area contributed by atoms with Gasteiger partial charge in [-0.3, -0.25) is 4.79 Å². The molecule has 2 aromatic carbocycles. The Labute approximate surface area is 133 Å². The highest BCUT2D eigenvalue weighted by atomic mass is 79.9. The van der Waals surface area contributed by atoms with Gasteiger partial charge in [0.05, 0.1) is 6.54 Å². The topological polar surface area (TPSA) is 41.1 Å². The minimum Gasteiger partial charge on any atom is -0.325 e. The lowest BCUT2D eigenvalue weighted by atomic mass is 10.1. The van der Waals surface area contributed by atoms with Crippen molar-refractivity contribution < 1.29 is 4.79 Å². The van der Waals surface area contributed by atoms with Crippen molar-refractivity contribution in [3.05, 3.63) is 64.1 Å². The highest BCUT2D eigenvalue weighted by Gasteiger charge is 2.08. The molecule has 1 atom stereocenters. The zero-order valence-electron chi connectivity index (χ0n) is 12.2. The number of halogens is 1. The fraction of sp³-hybridized carbons (Fsp3) is 0.235. The smallest absolute Gasteiger partial charge is 0.238 e. The SMILES string of the molecule is Cc1ccc(NC(=O)CNC(C)c2cccc(Br)c2)cc1. The van der Waals surface area contributed by atoms with Crippen LogP contribution in [-0.2, 0) is 4.79 Å². The predicted octanol–water partition coefficient (Wildman–Crippen LogP) is 4.05. The molecule has 0 bridgehead atoms. The number of carbonyl (C=O) groups is 1. The van der Waals surface area contributed by atoms with Gasteiger partial charge in [-0.15, -0.1) is 0 Å². The second-order valence-corrected chi connectivity index (χ2v) is 5.99. The monoisotopic (exact) mass is 346 g/mol. The van der Waals surface area contributed by atoms with Crippen molar-refractivity contribution in [2.75, 3.05) is 11.9 Å². The van der Waals surface area contributed by atoms with E-state index in [-0.39, 0.29) is 18.5 Å². The van der Waals surface area contributed by atoms with Crippen LogP contribution < -0.4 is 10.6 Å². The number of carbonyl (C=O) groups excluding carboxylic acids is 1. The van der Waals surface area contributed by atoms with Crippen molar-refractivity contribution in [1.82, 2.24) is 5.32 Å². The number of amides is 1. The summed E-state index contributed by atoms with van der Waals surface area (Å²) in [5, 5.41) is 6.10. The van der Waals surface area contributed by atoms with E-state index in [9.17, 15) is 4.79 Å². The quantitative estimate of drug-likeness (QED) is 0.857. The predicted molar refractivity (Wildman–Crippen MR) is 90.4 cm³/mol. The minimum atomic E-state index is -0.0410. The summed E-state index contributed by atoms with van der Waals surface area (Å²) in [6.07, 6.45) is 0. The third-order valence-corrected chi connectivity index (χ3v) is 3.75. The number of hydrogen-bond donors (Lipinski definition) is 2. The number of benzene rings is 2. The van der Waals surface area contributed by atoms with E-state index < -0.39 is 0 Å². The number of rotatable bonds is 5. The van der Waals surface area contributed by atoms with E-state index in [4.69, 9.17) is 0 Å². The van der Waals surface area contributed by atoms with Gasteiger partial charge >= 0.3 is 0 Å². The molecule has 0 aliphatic heterocycles. The van der Waals surface area contributed by atoms with Crippen LogP contribution >= 0.6 is 15.9 Å². The van der Waals surface area contributed by atoms with Crippen molar-refractivity contribution in [2.45, 2.75) is 19.9 Å². The van der Waals surface area contributed by atoms with Crippen LogP contribution in [0.2, 0.25) is 0 Å². The first-order chi connectivity index (χ1) is 10.0. The van der Waals surface area contributed by atoms with Gasteiger partial charge in [0.2, 0.25) is 5.91 Å². The van der Waals surface area contributed by atoms with E-state index in [1.54, 1.807) is 0 Å². The first-order valence-electron chi connectivity index (χ1n) is 6.90. The summed E-state index contributed by atoms with van der Waals surface area (Å²) in [6.45, 7) is 4.34. The zero-order chi connectivity index (χ0) is 15.2. The Balaban J connectivity index is 1.84. The Hall–Kier alpha value is -1.65. The summed E-state index contributed by atoms with van der Waals surface area (Å²) in [7, 11) is 0. The first kappa shape index (κ1) is 15.7. The Morgan fingerprint density at radius 2 is 1.90 bits per heavy atom. The van der Waals surface area contributed by atoms with Gasteiger partial charge in [0.1, 0.15) is 0 Å². The average Bonchev–Trinajstić information content (AvgIpc) is 2.47. The van der Waals surface area contributed by atoms with Crippen LogP contribution in [0.15, 0.2) is 53.0 Å². The minimum absolute atomic E-state index is 0.0410. The summed E-state index contributed by atoms with van der Waals surface area (Å²) in [4.78, 5) is 11.9. The summed E-state index contributed by atoms with van der Waals surface area (Å²) >= 11 is 3.45. The maximum atomic E-state index is 11.9. The lowest BCUT2D eigenvalue weighted by Gasteiger charge is -2.14. The highest BCUT2D eigenvalue weighted by molar-refractivity contribution is 9.10. The molecular formula is C17H19BrN2O. The number of nitrogens with one attached hydrogen (secondary N) is 2. The number of anilines is 1. The molecule has 0 saturated heterocycles. The van der Waals surface area contributed by atoms with E-state index in [0.717, 1.165) is 15.7 Å². The van der Waals surface area contributed by atoms with Gasteiger partial charge in [-0.25, -0.2) is 0 Å². The summed E-state index contributed by atoms with van der Waals surface area (Å²) < 4.78 is 1.04. The van der Waals surface area contributed by atoms with Crippen molar-refractivity contribution in [3.8, 4) is 0 Å². The van der Waals surface area contributed by atoms with Gasteiger partial charge in [-0.05, 0) is 43.7 Å². The van der Waals surface area contributed by atoms with Crippen molar-refractivity contribution in [2.24, 2.45) is 0 Å². The van der Waals surface area contributed by atoms with E-state index in [1.165, 1.54) is 5.56 Å². The zero-order valence-corrected chi connectivity index (χ0v) is 13.8. The third kappa shape index (κ3) is 4.99. The molecular weight excluding hydrogens is 328 g/mol. The Morgan fingerprint density at radius 3 is 2.57 bits per heavy atom. The van der Waals surface area contributed by atoms with Crippen LogP contribution in [0.3, 0.4) is 0 Å². The fourth-order valence-electron chi connectivity index (χ4n) is 1.98. The van der Waals surface area contributed by atoms with E-state index in [1.807, 2.05) is 56.3 Å². The molecule has 0 aliphatic carbocycles. The molecule has 0 fully saturated rings. The van der Waals surface area contributed by atoms with Gasteiger partial charge < -0.3 is 10.6 Å². The molecule has 2 aromatic rings. The molecule has 2 rings (SSSR count). The van der Waals surface area contributed by atoms with Crippen LogP contribution in [0.4, 0.5) is 5.69 Å². The first-order valence-corrected chi connectivity index (χ1v) is 7.69. The lowest BCUT2D eigenvalue weighted by Crippen LogP contribution is -2.30. The fourth-order valence-corrected chi connectivity index (χ4v) is 2.40. The molecule has 0 saturated carbocycles. The van der Waals surface area contributed by atoms with Gasteiger partial charge in [-0.2, -0.15) is 0 Å². The molecule has 21 heavy (non-hydrogen) atoms. The van der Waals surface area contributed by atoms with E-state index >= 15 is 0 Å². The molecule has 1 unspecified atom stereocenters. The van der Waals surface area contributed by atoms with Gasteiger partial charge in [0, 0.05) is 16.2 Å². The summed E-state index contributed by atoms with van der Waals surface area (Å²) in [5.41, 5.74) is 3.14. The van der Waals surface area contributed by atoms with Crippen LogP contribution in [0, 0.1) is 6.92 Å². The molecule has 4 heteroatoms. The Morgan fingerprint density at radius 1 is 1.19 bits per heavy atom. The molecule has 0 spiro atoms. The lowest BCUT2D eigenvalue weighted by molar-refractivity contribution is -0.115. The standard InChI is InChI=1S/C17H19BrN2O/c1-12-6-8-16(9-7-12)20-17(21)11-19-13(2)14-4-3-5-15(18)10-14/h3-10,13,19H,11H2,1-2H3,(H,20,21). The van der Waals surface area contributed by atoms with E-state index in [2.05, 4.69) is 32.6 Å². The van der Waals surface area contributed by atoms with E-state index in [0.29, 0.717) is 0 Å². The molecule has 2 N–H and O–H groups in total. The molecule has 1 amide bonds. The maximum Gasteiger partial charge on any atom is 0.238 e. The van der Waals surface area contributed by atoms with Gasteiger partial charge in [0.15, 0.2) is 0 Å². The number of aryl methyl sites for hydroxylation is 1. The van der Waals surface area contributed by atoms with Crippen LogP contribution in [0.5, 0.6) is 0 Å². The molecule has 0 heterocycles. The van der Waals surface area contributed by atoms with Crippen molar-refractivity contribution in [1.29, 1.82) is 0 Å². The summed E-state index contributed by atoms with van der Waals surface area (Å²) in [5.74, 6) is -0.0410. The Kier molecular flexibility index (Phi) is 5.53. The van der Waals surface area contributed by atoms with Crippen molar-refractivity contribution >= 4 is 27.5 Å². The molecule has 3 nitrogen and oxygen atoms in total. The van der Waals surface area contributed by atoms with Crippen LogP contribution in [0.1, 0.15) is 24.1 Å². The van der Waals surface area contributed by atoms with Crippen molar-refractivity contribution in [3.63, 3.8) is 0 Å². The second kappa shape index (κ2) is 7.38. The van der Waals surface area contributed by atoms with Gasteiger partial charge in [0.25, 0.3) is 0 Å². The molecule has 0 aliphatic rings. The maximum absolute atomic E-state index is 11.9. The van der Waals surface area contributed by atoms with Crippen LogP contribution in [-0.4, -0.2) is 12.5 Å². The van der Waals surface area contributed by atoms with Crippen LogP contribution in [0.25, 0.3) is 0 Å². The van der Waals surface area contributed by atoms with Gasteiger partial charge in [-0.1, -0.05) is 45.8 Å². The normalized spacial score (nSPS) is 12.0.